The molecule has 0 aromatic heterocycles. The maximum atomic E-state index is 11.9. The lowest BCUT2D eigenvalue weighted by molar-refractivity contribution is -0.0209. The van der Waals surface area contributed by atoms with Crippen molar-refractivity contribution in [3.05, 3.63) is 93.5 Å². The highest BCUT2D eigenvalue weighted by molar-refractivity contribution is 9.10. The van der Waals surface area contributed by atoms with Crippen molar-refractivity contribution in [1.29, 1.82) is 0 Å². The van der Waals surface area contributed by atoms with Crippen molar-refractivity contribution >= 4 is 27.6 Å². The topological polar surface area (TPSA) is 60.4 Å². The van der Waals surface area contributed by atoms with Crippen LogP contribution in [0.4, 0.5) is 0 Å². The van der Waals surface area contributed by atoms with Gasteiger partial charge in [-0.15, -0.1) is 0 Å². The second-order valence-corrected chi connectivity index (χ2v) is 8.54. The molecule has 0 bridgehead atoms. The summed E-state index contributed by atoms with van der Waals surface area (Å²) in [6.45, 7) is 0. The molecule has 2 aliphatic heterocycles. The summed E-state index contributed by atoms with van der Waals surface area (Å²) in [6.07, 6.45) is 0.284. The van der Waals surface area contributed by atoms with E-state index in [1.165, 1.54) is 7.11 Å². The third-order valence-corrected chi connectivity index (χ3v) is 6.22. The van der Waals surface area contributed by atoms with Crippen molar-refractivity contribution in [3.8, 4) is 11.5 Å². The van der Waals surface area contributed by atoms with Gasteiger partial charge in [0.05, 0.1) is 31.5 Å². The molecule has 2 aliphatic rings. The van der Waals surface area contributed by atoms with Crippen LogP contribution in [-0.2, 0) is 4.74 Å². The van der Waals surface area contributed by atoms with Gasteiger partial charge in [-0.3, -0.25) is 0 Å². The first-order chi connectivity index (χ1) is 15.6. The number of ether oxygens (including phenoxy) is 3. The molecule has 0 radical (unpaired) electrons. The monoisotopic (exact) mass is 492 g/mol. The van der Waals surface area contributed by atoms with Crippen LogP contribution >= 0.6 is 15.9 Å². The molecule has 162 valence electrons. The van der Waals surface area contributed by atoms with Gasteiger partial charge in [0.2, 0.25) is 6.23 Å². The van der Waals surface area contributed by atoms with Crippen molar-refractivity contribution in [2.75, 3.05) is 14.2 Å². The molecule has 32 heavy (non-hydrogen) atoms. The highest BCUT2D eigenvalue weighted by Crippen LogP contribution is 2.51. The predicted molar refractivity (Wildman–Crippen MR) is 124 cm³/mol. The first-order valence-electron chi connectivity index (χ1n) is 10.2. The summed E-state index contributed by atoms with van der Waals surface area (Å²) >= 11 is 3.59. The fraction of sp³-hybridized carbons (Fsp3) is 0.200. The van der Waals surface area contributed by atoms with E-state index in [-0.39, 0.29) is 12.0 Å². The lowest BCUT2D eigenvalue weighted by Crippen LogP contribution is -2.34. The average molecular weight is 493 g/mol. The van der Waals surface area contributed by atoms with Gasteiger partial charge in [0, 0.05) is 22.0 Å². The molecule has 0 unspecified atom stereocenters. The zero-order valence-corrected chi connectivity index (χ0v) is 19.2. The number of methoxy groups -OCH3 is 2. The van der Waals surface area contributed by atoms with Crippen molar-refractivity contribution < 1.29 is 19.0 Å². The number of carbonyl (C=O) groups excluding carboxylic acids is 1. The quantitative estimate of drug-likeness (QED) is 0.450. The van der Waals surface area contributed by atoms with Crippen LogP contribution in [0.1, 0.15) is 45.7 Å². The normalized spacial score (nSPS) is 18.8. The molecule has 6 nitrogen and oxygen atoms in total. The minimum atomic E-state index is -0.463. The summed E-state index contributed by atoms with van der Waals surface area (Å²) < 4.78 is 17.8. The van der Waals surface area contributed by atoms with E-state index in [9.17, 15) is 4.79 Å². The van der Waals surface area contributed by atoms with Gasteiger partial charge in [-0.2, -0.15) is 5.10 Å². The molecule has 0 N–H and O–H groups in total. The van der Waals surface area contributed by atoms with Crippen LogP contribution in [0.5, 0.6) is 11.5 Å². The first kappa shape index (κ1) is 20.6. The second kappa shape index (κ2) is 8.31. The van der Waals surface area contributed by atoms with E-state index >= 15 is 0 Å². The number of carbonyl (C=O) groups is 1. The summed E-state index contributed by atoms with van der Waals surface area (Å²) in [6, 6.07) is 21.4. The number of esters is 1. The van der Waals surface area contributed by atoms with Gasteiger partial charge in [0.25, 0.3) is 0 Å². The van der Waals surface area contributed by atoms with Gasteiger partial charge < -0.3 is 14.2 Å². The zero-order valence-electron chi connectivity index (χ0n) is 17.6. The Morgan fingerprint density at radius 1 is 1.09 bits per heavy atom. The van der Waals surface area contributed by atoms with Gasteiger partial charge in [-0.05, 0) is 29.8 Å². The highest BCUT2D eigenvalue weighted by Gasteiger charge is 2.42. The molecule has 0 saturated heterocycles. The van der Waals surface area contributed by atoms with E-state index in [0.717, 1.165) is 33.3 Å². The molecule has 0 saturated carbocycles. The summed E-state index contributed by atoms with van der Waals surface area (Å²) in [5.74, 6) is 1.00. The van der Waals surface area contributed by atoms with Gasteiger partial charge in [-0.1, -0.05) is 58.4 Å². The van der Waals surface area contributed by atoms with E-state index in [4.69, 9.17) is 19.3 Å². The minimum absolute atomic E-state index is 0.00867. The van der Waals surface area contributed by atoms with Crippen molar-refractivity contribution in [3.63, 3.8) is 0 Å². The molecule has 2 atom stereocenters. The summed E-state index contributed by atoms with van der Waals surface area (Å²) in [5, 5.41) is 6.98. The third-order valence-electron chi connectivity index (χ3n) is 5.76. The van der Waals surface area contributed by atoms with Crippen LogP contribution < -0.4 is 9.47 Å². The molecular weight excluding hydrogens is 472 g/mol. The Hall–Kier alpha value is -3.32. The van der Waals surface area contributed by atoms with Gasteiger partial charge in [-0.25, -0.2) is 9.80 Å². The maximum Gasteiger partial charge on any atom is 0.337 e. The number of nitrogens with zero attached hydrogens (tertiary/aromatic N) is 2. The van der Waals surface area contributed by atoms with Crippen LogP contribution in [0.15, 0.2) is 76.3 Å². The molecule has 0 amide bonds. The standard InChI is InChI=1S/C25H21BrN2O4/c1-30-22-13-18(26)12-19-21-14-20(15-6-4-3-5-7-15)27-28(21)24(32-23(19)22)16-8-10-17(11-9-16)25(29)31-2/h3-13,21,24H,14H2,1-2H3/t21-,24+/m1/s1. The lowest BCUT2D eigenvalue weighted by atomic mass is 9.95. The summed E-state index contributed by atoms with van der Waals surface area (Å²) in [7, 11) is 3.01. The molecule has 3 aromatic carbocycles. The van der Waals surface area contributed by atoms with Crippen LogP contribution in [0.3, 0.4) is 0 Å². The average Bonchev–Trinajstić information content (AvgIpc) is 3.29. The molecule has 0 fully saturated rings. The van der Waals surface area contributed by atoms with E-state index in [0.29, 0.717) is 17.1 Å². The molecule has 0 spiro atoms. The number of benzene rings is 3. The Balaban J connectivity index is 1.60. The lowest BCUT2D eigenvalue weighted by Gasteiger charge is -2.38. The number of halogens is 1. The third kappa shape index (κ3) is 3.52. The second-order valence-electron chi connectivity index (χ2n) is 7.62. The van der Waals surface area contributed by atoms with E-state index in [2.05, 4.69) is 34.1 Å². The molecule has 2 heterocycles. The number of hydrogen-bond donors (Lipinski definition) is 0. The Bertz CT molecular complexity index is 1190. The van der Waals surface area contributed by atoms with Crippen molar-refractivity contribution in [2.24, 2.45) is 5.10 Å². The van der Waals surface area contributed by atoms with Crippen LogP contribution in [0.2, 0.25) is 0 Å². The number of fused-ring (bicyclic) bond motifs is 3. The molecule has 3 aromatic rings. The predicted octanol–water partition coefficient (Wildman–Crippen LogP) is 5.49. The van der Waals surface area contributed by atoms with Gasteiger partial charge in [0.1, 0.15) is 0 Å². The number of hydrogen-bond acceptors (Lipinski definition) is 6. The van der Waals surface area contributed by atoms with Crippen LogP contribution in [0.25, 0.3) is 0 Å². The smallest absolute Gasteiger partial charge is 0.337 e. The Morgan fingerprint density at radius 2 is 1.84 bits per heavy atom. The zero-order chi connectivity index (χ0) is 22.2. The van der Waals surface area contributed by atoms with Gasteiger partial charge >= 0.3 is 5.97 Å². The summed E-state index contributed by atoms with van der Waals surface area (Å²) in [5.41, 5.74) is 4.48. The van der Waals surface area contributed by atoms with E-state index in [1.54, 1.807) is 19.2 Å². The van der Waals surface area contributed by atoms with Crippen molar-refractivity contribution in [2.45, 2.75) is 18.7 Å². The molecule has 5 rings (SSSR count). The molecule has 0 aliphatic carbocycles. The van der Waals surface area contributed by atoms with Crippen LogP contribution in [-0.4, -0.2) is 30.9 Å². The number of hydrazone groups is 1. The fourth-order valence-electron chi connectivity index (χ4n) is 4.20. The Kier molecular flexibility index (Phi) is 5.35. The summed E-state index contributed by atoms with van der Waals surface area (Å²) in [4.78, 5) is 11.9. The minimum Gasteiger partial charge on any atom is -0.493 e. The SMILES string of the molecule is COC(=O)c1ccc([C@@H]2Oc3c(OC)cc(Br)cc3[C@H]3CC(c4ccccc4)=NN32)cc1. The highest BCUT2D eigenvalue weighted by atomic mass is 79.9. The van der Waals surface area contributed by atoms with Gasteiger partial charge in [0.15, 0.2) is 11.5 Å². The van der Waals surface area contributed by atoms with E-state index in [1.807, 2.05) is 41.4 Å². The first-order valence-corrected chi connectivity index (χ1v) is 11.0. The molecular formula is C25H21BrN2O4. The fourth-order valence-corrected chi connectivity index (χ4v) is 4.66. The van der Waals surface area contributed by atoms with E-state index < -0.39 is 6.23 Å². The largest absolute Gasteiger partial charge is 0.493 e. The van der Waals surface area contributed by atoms with Crippen molar-refractivity contribution in [1.82, 2.24) is 5.01 Å². The maximum absolute atomic E-state index is 11.9. The Labute approximate surface area is 194 Å². The number of rotatable bonds is 4. The molecule has 7 heteroatoms. The Morgan fingerprint density at radius 3 is 2.53 bits per heavy atom. The van der Waals surface area contributed by atoms with Crippen LogP contribution in [0, 0.1) is 0 Å².